The first-order valence-corrected chi connectivity index (χ1v) is 7.77. The molecule has 5 nitrogen and oxygen atoms in total. The predicted molar refractivity (Wildman–Crippen MR) is 91.1 cm³/mol. The van der Waals surface area contributed by atoms with Crippen molar-refractivity contribution in [2.75, 3.05) is 23.5 Å². The average Bonchev–Trinajstić information content (AvgIpc) is 2.93. The van der Waals surface area contributed by atoms with Crippen LogP contribution < -0.4 is 9.80 Å². The average molecular weight is 339 g/mol. The molecule has 0 fully saturated rings. The molecule has 0 radical (unpaired) electrons. The van der Waals surface area contributed by atoms with Crippen LogP contribution in [0.3, 0.4) is 0 Å². The topological polar surface area (TPSA) is 45.2 Å². The molecule has 1 aliphatic rings. The third-order valence-corrected chi connectivity index (χ3v) is 4.17. The second-order valence-electron chi connectivity index (χ2n) is 5.98. The summed E-state index contributed by atoms with van der Waals surface area (Å²) in [6.07, 6.45) is 6.72. The summed E-state index contributed by atoms with van der Waals surface area (Å²) in [4.78, 5) is 16.8. The number of hydrogen-bond acceptors (Lipinski definition) is 5. The fourth-order valence-electron chi connectivity index (χ4n) is 2.97. The van der Waals surface area contributed by atoms with Crippen LogP contribution in [0.25, 0.3) is 11.1 Å². The highest BCUT2D eigenvalue weighted by Gasteiger charge is 2.25. The lowest BCUT2D eigenvalue weighted by Crippen LogP contribution is -2.27. The van der Waals surface area contributed by atoms with Crippen LogP contribution in [0.5, 0.6) is 0 Å². The first kappa shape index (κ1) is 15.4. The Kier molecular flexibility index (Phi) is 3.76. The zero-order valence-electron chi connectivity index (χ0n) is 13.5. The molecular weight excluding hydrogens is 324 g/mol. The molecule has 0 unspecified atom stereocenters. The van der Waals surface area contributed by atoms with Crippen LogP contribution >= 0.6 is 0 Å². The lowest BCUT2D eigenvalue weighted by atomic mass is 10.1. The largest absolute Gasteiger partial charge is 0.346 e. The van der Waals surface area contributed by atoms with E-state index in [0.29, 0.717) is 18.8 Å². The number of nitrogens with zero attached hydrogens (tertiary/aromatic N) is 5. The molecule has 0 amide bonds. The Morgan fingerprint density at radius 3 is 2.56 bits per heavy atom. The minimum absolute atomic E-state index is 0.590. The molecule has 4 rings (SSSR count). The fraction of sp³-hybridized carbons (Fsp3) is 0.167. The number of rotatable bonds is 3. The van der Waals surface area contributed by atoms with Crippen LogP contribution in [-0.2, 0) is 6.54 Å². The Balaban J connectivity index is 1.70. The van der Waals surface area contributed by atoms with E-state index in [0.717, 1.165) is 28.7 Å². The van der Waals surface area contributed by atoms with E-state index in [4.69, 9.17) is 0 Å². The maximum atomic E-state index is 13.5. The molecule has 0 atom stereocenters. The zero-order chi connectivity index (χ0) is 17.4. The molecule has 1 aliphatic heterocycles. The van der Waals surface area contributed by atoms with E-state index in [9.17, 15) is 8.78 Å². The maximum absolute atomic E-state index is 13.5. The van der Waals surface area contributed by atoms with Crippen molar-refractivity contribution in [1.29, 1.82) is 0 Å². The number of anilines is 2. The van der Waals surface area contributed by atoms with Gasteiger partial charge >= 0.3 is 0 Å². The van der Waals surface area contributed by atoms with Gasteiger partial charge in [0.15, 0.2) is 17.5 Å². The number of fused-ring (bicyclic) bond motifs is 1. The molecular formula is C18H15F2N5. The molecule has 126 valence electrons. The van der Waals surface area contributed by atoms with E-state index in [2.05, 4.69) is 19.9 Å². The van der Waals surface area contributed by atoms with Crippen molar-refractivity contribution in [3.05, 3.63) is 66.4 Å². The summed E-state index contributed by atoms with van der Waals surface area (Å²) >= 11 is 0. The Hall–Kier alpha value is -3.09. The van der Waals surface area contributed by atoms with Crippen LogP contribution in [0.1, 0.15) is 5.56 Å². The fourth-order valence-corrected chi connectivity index (χ4v) is 2.97. The molecule has 3 aromatic rings. The highest BCUT2D eigenvalue weighted by Crippen LogP contribution is 2.37. The third kappa shape index (κ3) is 2.88. The van der Waals surface area contributed by atoms with Gasteiger partial charge in [-0.1, -0.05) is 6.07 Å². The van der Waals surface area contributed by atoms with Gasteiger partial charge in [0.2, 0.25) is 0 Å². The summed E-state index contributed by atoms with van der Waals surface area (Å²) in [6, 6.07) is 5.81. The maximum Gasteiger partial charge on any atom is 0.159 e. The van der Waals surface area contributed by atoms with Crippen molar-refractivity contribution in [3.63, 3.8) is 0 Å². The van der Waals surface area contributed by atoms with Gasteiger partial charge < -0.3 is 9.80 Å². The molecule has 2 aromatic heterocycles. The van der Waals surface area contributed by atoms with E-state index in [1.807, 2.05) is 18.0 Å². The van der Waals surface area contributed by atoms with Crippen LogP contribution in [0.4, 0.5) is 20.3 Å². The normalized spacial score (nSPS) is 13.2. The third-order valence-electron chi connectivity index (χ3n) is 4.17. The number of pyridine rings is 1. The first-order chi connectivity index (χ1) is 12.1. The number of hydrogen-bond donors (Lipinski definition) is 0. The molecule has 0 N–H and O–H groups in total. The van der Waals surface area contributed by atoms with Crippen molar-refractivity contribution >= 4 is 11.5 Å². The van der Waals surface area contributed by atoms with Crippen molar-refractivity contribution in [3.8, 4) is 11.1 Å². The molecule has 0 aliphatic carbocycles. The monoisotopic (exact) mass is 339 g/mol. The predicted octanol–water partition coefficient (Wildman–Crippen LogP) is 3.23. The van der Waals surface area contributed by atoms with Crippen molar-refractivity contribution in [2.24, 2.45) is 0 Å². The van der Waals surface area contributed by atoms with Crippen molar-refractivity contribution in [2.45, 2.75) is 6.54 Å². The molecule has 0 spiro atoms. The van der Waals surface area contributed by atoms with E-state index in [1.165, 1.54) is 12.4 Å². The number of benzene rings is 1. The van der Waals surface area contributed by atoms with E-state index >= 15 is 0 Å². The zero-order valence-corrected chi connectivity index (χ0v) is 13.5. The molecule has 1 aromatic carbocycles. The van der Waals surface area contributed by atoms with E-state index in [-0.39, 0.29) is 0 Å². The van der Waals surface area contributed by atoms with Gasteiger partial charge in [-0.05, 0) is 23.8 Å². The van der Waals surface area contributed by atoms with Gasteiger partial charge in [-0.25, -0.2) is 23.7 Å². The minimum Gasteiger partial charge on any atom is -0.346 e. The van der Waals surface area contributed by atoms with Crippen molar-refractivity contribution in [1.82, 2.24) is 15.0 Å². The number of halogens is 2. The van der Waals surface area contributed by atoms with Gasteiger partial charge in [0.05, 0.1) is 12.4 Å². The van der Waals surface area contributed by atoms with Gasteiger partial charge in [-0.15, -0.1) is 0 Å². The quantitative estimate of drug-likeness (QED) is 0.733. The lowest BCUT2D eigenvalue weighted by molar-refractivity contribution is 0.509. The van der Waals surface area contributed by atoms with Gasteiger partial charge in [0.25, 0.3) is 0 Å². The van der Waals surface area contributed by atoms with Gasteiger partial charge in [0.1, 0.15) is 6.33 Å². The van der Waals surface area contributed by atoms with Crippen LogP contribution in [0.15, 0.2) is 49.2 Å². The lowest BCUT2D eigenvalue weighted by Gasteiger charge is -2.18. The second-order valence-corrected chi connectivity index (χ2v) is 5.98. The van der Waals surface area contributed by atoms with Crippen LogP contribution in [0, 0.1) is 11.6 Å². The molecule has 7 heteroatoms. The van der Waals surface area contributed by atoms with E-state index < -0.39 is 11.6 Å². The Labute approximate surface area is 143 Å². The van der Waals surface area contributed by atoms with Gasteiger partial charge in [0, 0.05) is 43.3 Å². The SMILES string of the molecule is CN1CN(Cc2cncnc2)c2cc(-c3ccc(F)c(F)c3)cnc21. The number of aromatic nitrogens is 3. The summed E-state index contributed by atoms with van der Waals surface area (Å²) < 4.78 is 26.7. The first-order valence-electron chi connectivity index (χ1n) is 7.77. The van der Waals surface area contributed by atoms with Gasteiger partial charge in [-0.3, -0.25) is 0 Å². The Morgan fingerprint density at radius 1 is 1.00 bits per heavy atom. The Bertz CT molecular complexity index is 917. The summed E-state index contributed by atoms with van der Waals surface area (Å²) in [5.74, 6) is -0.875. The second kappa shape index (κ2) is 6.08. The Morgan fingerprint density at radius 2 is 1.80 bits per heavy atom. The highest BCUT2D eigenvalue weighted by atomic mass is 19.2. The molecule has 0 bridgehead atoms. The van der Waals surface area contributed by atoms with Crippen LogP contribution in [0.2, 0.25) is 0 Å². The summed E-state index contributed by atoms with van der Waals surface area (Å²) in [6.45, 7) is 1.32. The van der Waals surface area contributed by atoms with Gasteiger partial charge in [-0.2, -0.15) is 0 Å². The van der Waals surface area contributed by atoms with Crippen LogP contribution in [-0.4, -0.2) is 28.7 Å². The minimum atomic E-state index is -0.867. The van der Waals surface area contributed by atoms with E-state index in [1.54, 1.807) is 24.7 Å². The molecule has 0 saturated carbocycles. The summed E-state index contributed by atoms with van der Waals surface area (Å²) in [5, 5.41) is 0. The smallest absolute Gasteiger partial charge is 0.159 e. The molecule has 0 saturated heterocycles. The molecule has 3 heterocycles. The van der Waals surface area contributed by atoms with Crippen molar-refractivity contribution < 1.29 is 8.78 Å². The standard InChI is InChI=1S/C18H15F2N5/c1-24-11-25(9-12-6-21-10-22-7-12)17-5-14(8-23-18(17)24)13-2-3-15(19)16(20)4-13/h2-8,10H,9,11H2,1H3. The summed E-state index contributed by atoms with van der Waals surface area (Å²) in [7, 11) is 1.96. The summed E-state index contributed by atoms with van der Waals surface area (Å²) in [5.41, 5.74) is 3.25. The molecule has 25 heavy (non-hydrogen) atoms. The highest BCUT2D eigenvalue weighted by molar-refractivity contribution is 5.78.